The molecule has 5 heteroatoms. The van der Waals surface area contributed by atoms with Gasteiger partial charge in [-0.25, -0.2) is 4.79 Å². The van der Waals surface area contributed by atoms with E-state index in [4.69, 9.17) is 4.74 Å². The van der Waals surface area contributed by atoms with Crippen molar-refractivity contribution in [2.45, 2.75) is 42.9 Å². The largest absolute Gasteiger partial charge is 0.379 e. The summed E-state index contributed by atoms with van der Waals surface area (Å²) in [6.45, 7) is 2.20. The Balaban J connectivity index is 1.71. The van der Waals surface area contributed by atoms with Crippen molar-refractivity contribution in [2.75, 3.05) is 26.0 Å². The number of thioether (sulfide) groups is 1. The molecule has 1 aliphatic carbocycles. The minimum absolute atomic E-state index is 0.0409. The summed E-state index contributed by atoms with van der Waals surface area (Å²) in [6.07, 6.45) is 8.11. The lowest BCUT2D eigenvalue weighted by atomic mass is 10.1. The van der Waals surface area contributed by atoms with Crippen LogP contribution in [0.3, 0.4) is 0 Å². The molecule has 4 nitrogen and oxygen atoms in total. The molecule has 2 fully saturated rings. The van der Waals surface area contributed by atoms with E-state index in [1.165, 1.54) is 25.7 Å². The Labute approximate surface area is 107 Å². The molecule has 0 bridgehead atoms. The van der Waals surface area contributed by atoms with Crippen molar-refractivity contribution in [1.29, 1.82) is 0 Å². The van der Waals surface area contributed by atoms with Gasteiger partial charge >= 0.3 is 6.03 Å². The number of urea groups is 1. The van der Waals surface area contributed by atoms with Crippen molar-refractivity contribution >= 4 is 17.8 Å². The van der Waals surface area contributed by atoms with Crippen molar-refractivity contribution in [2.24, 2.45) is 0 Å². The smallest absolute Gasteiger partial charge is 0.315 e. The molecule has 98 valence electrons. The normalized spacial score (nSPS) is 27.0. The van der Waals surface area contributed by atoms with E-state index in [1.54, 1.807) is 0 Å². The van der Waals surface area contributed by atoms with Gasteiger partial charge in [0, 0.05) is 17.9 Å². The summed E-state index contributed by atoms with van der Waals surface area (Å²) in [6, 6.07) is 0.157. The van der Waals surface area contributed by atoms with Crippen molar-refractivity contribution < 1.29 is 9.53 Å². The molecule has 0 radical (unpaired) electrons. The molecule has 1 aliphatic heterocycles. The van der Waals surface area contributed by atoms with Crippen LogP contribution in [-0.4, -0.2) is 42.8 Å². The van der Waals surface area contributed by atoms with Crippen LogP contribution in [0.4, 0.5) is 4.79 Å². The number of hydrogen-bond donors (Lipinski definition) is 2. The maximum Gasteiger partial charge on any atom is 0.315 e. The predicted molar refractivity (Wildman–Crippen MR) is 70.5 cm³/mol. The van der Waals surface area contributed by atoms with Crippen LogP contribution >= 0.6 is 11.8 Å². The molecule has 2 rings (SSSR count). The molecule has 17 heavy (non-hydrogen) atoms. The summed E-state index contributed by atoms with van der Waals surface area (Å²) in [5, 5.41) is 5.98. The molecule has 0 spiro atoms. The second-order valence-electron chi connectivity index (χ2n) is 4.98. The molecule has 1 unspecified atom stereocenters. The van der Waals surface area contributed by atoms with Gasteiger partial charge in [-0.2, -0.15) is 11.8 Å². The van der Waals surface area contributed by atoms with Gasteiger partial charge in [0.05, 0.1) is 12.6 Å². The van der Waals surface area contributed by atoms with Crippen LogP contribution in [0.25, 0.3) is 0 Å². The Bertz CT molecular complexity index is 261. The highest BCUT2D eigenvalue weighted by Gasteiger charge is 2.33. The Hall–Kier alpha value is -0.420. The standard InChI is InChI=1S/C12H22N2O2S/c1-17-12(5-2-3-6-12)9-13-11(15)14-10-4-7-16-8-10/h10H,2-9H2,1H3,(H2,13,14,15). The molecule has 1 saturated carbocycles. The quantitative estimate of drug-likeness (QED) is 0.807. The van der Waals surface area contributed by atoms with Crippen LogP contribution in [0, 0.1) is 0 Å². The van der Waals surface area contributed by atoms with Crippen LogP contribution in [0.2, 0.25) is 0 Å². The van der Waals surface area contributed by atoms with E-state index in [-0.39, 0.29) is 16.8 Å². The molecule has 1 atom stereocenters. The molecule has 0 aromatic carbocycles. The van der Waals surface area contributed by atoms with Gasteiger partial charge < -0.3 is 15.4 Å². The summed E-state index contributed by atoms with van der Waals surface area (Å²) in [5.41, 5.74) is 0. The van der Waals surface area contributed by atoms with Gasteiger partial charge in [0.15, 0.2) is 0 Å². The Morgan fingerprint density at radius 1 is 1.47 bits per heavy atom. The zero-order valence-electron chi connectivity index (χ0n) is 10.5. The van der Waals surface area contributed by atoms with Gasteiger partial charge in [-0.15, -0.1) is 0 Å². The van der Waals surface area contributed by atoms with Crippen LogP contribution in [0.15, 0.2) is 0 Å². The molecule has 2 N–H and O–H groups in total. The second kappa shape index (κ2) is 5.96. The van der Waals surface area contributed by atoms with Crippen molar-refractivity contribution in [1.82, 2.24) is 10.6 Å². The van der Waals surface area contributed by atoms with Gasteiger partial charge in [-0.05, 0) is 25.5 Å². The van der Waals surface area contributed by atoms with E-state index in [2.05, 4.69) is 16.9 Å². The van der Waals surface area contributed by atoms with Crippen LogP contribution in [-0.2, 0) is 4.74 Å². The number of rotatable bonds is 4. The molecular formula is C12H22N2O2S. The maximum absolute atomic E-state index is 11.7. The summed E-state index contributed by atoms with van der Waals surface area (Å²) < 4.78 is 5.51. The van der Waals surface area contributed by atoms with Crippen molar-refractivity contribution in [3.8, 4) is 0 Å². The first-order valence-corrected chi connectivity index (χ1v) is 7.64. The molecule has 0 aromatic heterocycles. The minimum Gasteiger partial charge on any atom is -0.379 e. The third-order valence-corrected chi connectivity index (χ3v) is 5.20. The number of amides is 2. The van der Waals surface area contributed by atoms with Gasteiger partial charge in [0.1, 0.15) is 0 Å². The highest BCUT2D eigenvalue weighted by Crippen LogP contribution is 2.39. The van der Waals surface area contributed by atoms with E-state index >= 15 is 0 Å². The number of carbonyl (C=O) groups is 1. The number of ether oxygens (including phenoxy) is 1. The summed E-state index contributed by atoms with van der Waals surface area (Å²) in [5.74, 6) is 0. The molecular weight excluding hydrogens is 236 g/mol. The van der Waals surface area contributed by atoms with Gasteiger partial charge in [0.2, 0.25) is 0 Å². The van der Waals surface area contributed by atoms with E-state index in [0.29, 0.717) is 6.61 Å². The van der Waals surface area contributed by atoms with E-state index in [9.17, 15) is 4.79 Å². The highest BCUT2D eigenvalue weighted by atomic mass is 32.2. The average Bonchev–Trinajstić information content (AvgIpc) is 2.98. The molecule has 1 heterocycles. The first-order chi connectivity index (χ1) is 8.24. The fourth-order valence-corrected chi connectivity index (χ4v) is 3.51. The first kappa shape index (κ1) is 13.0. The highest BCUT2D eigenvalue weighted by molar-refractivity contribution is 8.00. The summed E-state index contributed by atoms with van der Waals surface area (Å²) in [4.78, 5) is 11.7. The third kappa shape index (κ3) is 3.52. The van der Waals surface area contributed by atoms with Crippen molar-refractivity contribution in [3.63, 3.8) is 0 Å². The fraction of sp³-hybridized carbons (Fsp3) is 0.917. The topological polar surface area (TPSA) is 50.4 Å². The van der Waals surface area contributed by atoms with E-state index in [1.807, 2.05) is 11.8 Å². The molecule has 0 aromatic rings. The van der Waals surface area contributed by atoms with Gasteiger partial charge in [-0.3, -0.25) is 0 Å². The monoisotopic (exact) mass is 258 g/mol. The second-order valence-corrected chi connectivity index (χ2v) is 6.26. The Kier molecular flexibility index (Phi) is 4.56. The first-order valence-electron chi connectivity index (χ1n) is 6.41. The van der Waals surface area contributed by atoms with E-state index in [0.717, 1.165) is 19.6 Å². The summed E-state index contributed by atoms with van der Waals surface area (Å²) >= 11 is 1.90. The lowest BCUT2D eigenvalue weighted by Gasteiger charge is -2.27. The fourth-order valence-electron chi connectivity index (χ4n) is 2.60. The summed E-state index contributed by atoms with van der Waals surface area (Å²) in [7, 11) is 0. The molecule has 1 saturated heterocycles. The molecule has 2 amide bonds. The van der Waals surface area contributed by atoms with Gasteiger partial charge in [-0.1, -0.05) is 12.8 Å². The number of hydrogen-bond acceptors (Lipinski definition) is 3. The zero-order valence-corrected chi connectivity index (χ0v) is 11.3. The van der Waals surface area contributed by atoms with Crippen LogP contribution in [0.5, 0.6) is 0 Å². The van der Waals surface area contributed by atoms with Crippen LogP contribution < -0.4 is 10.6 Å². The minimum atomic E-state index is -0.0409. The predicted octanol–water partition coefficient (Wildman–Crippen LogP) is 1.75. The van der Waals surface area contributed by atoms with Gasteiger partial charge in [0.25, 0.3) is 0 Å². The SMILES string of the molecule is CSC1(CNC(=O)NC2CCOC2)CCCC1. The number of carbonyl (C=O) groups excluding carboxylic acids is 1. The Morgan fingerprint density at radius 3 is 2.82 bits per heavy atom. The van der Waals surface area contributed by atoms with Crippen LogP contribution in [0.1, 0.15) is 32.1 Å². The third-order valence-electron chi connectivity index (χ3n) is 3.78. The zero-order chi connectivity index (χ0) is 12.1. The Morgan fingerprint density at radius 2 is 2.24 bits per heavy atom. The average molecular weight is 258 g/mol. The lowest BCUT2D eigenvalue weighted by molar-refractivity contribution is 0.188. The van der Waals surface area contributed by atoms with Crippen molar-refractivity contribution in [3.05, 3.63) is 0 Å². The number of nitrogens with one attached hydrogen (secondary N) is 2. The van der Waals surface area contributed by atoms with E-state index < -0.39 is 0 Å². The molecule has 2 aliphatic rings. The lowest BCUT2D eigenvalue weighted by Crippen LogP contribution is -2.47. The maximum atomic E-state index is 11.7.